The lowest BCUT2D eigenvalue weighted by atomic mass is 10.3. The van der Waals surface area contributed by atoms with Crippen LogP contribution < -0.4 is 10.6 Å². The first-order valence-corrected chi connectivity index (χ1v) is 6.18. The molecule has 0 atom stereocenters. The first-order chi connectivity index (χ1) is 8.72. The zero-order valence-electron chi connectivity index (χ0n) is 10.9. The van der Waals surface area contributed by atoms with Gasteiger partial charge >= 0.3 is 0 Å². The van der Waals surface area contributed by atoms with Crippen LogP contribution >= 0.6 is 11.6 Å². The highest BCUT2D eigenvalue weighted by molar-refractivity contribution is 6.33. The van der Waals surface area contributed by atoms with Crippen LogP contribution in [-0.4, -0.2) is 45.5 Å². The van der Waals surface area contributed by atoms with E-state index in [1.165, 1.54) is 0 Å². The van der Waals surface area contributed by atoms with Crippen molar-refractivity contribution in [1.82, 2.24) is 4.98 Å². The number of pyridine rings is 1. The third-order valence-corrected chi connectivity index (χ3v) is 2.82. The van der Waals surface area contributed by atoms with Gasteiger partial charge in [-0.15, -0.1) is 0 Å². The third kappa shape index (κ3) is 4.42. The van der Waals surface area contributed by atoms with E-state index >= 15 is 0 Å². The number of methoxy groups -OCH3 is 2. The number of hydrogen-bond acceptors (Lipinski definition) is 5. The first kappa shape index (κ1) is 15.2. The quantitative estimate of drug-likeness (QED) is 0.773. The van der Waals surface area contributed by atoms with Crippen LogP contribution in [0.5, 0.6) is 0 Å². The average Bonchev–Trinajstić information content (AvgIpc) is 2.39. The Morgan fingerprint density at radius 2 is 1.89 bits per heavy atom. The largest absolute Gasteiger partial charge is 0.383 e. The molecule has 0 aliphatic carbocycles. The van der Waals surface area contributed by atoms with Crippen LogP contribution in [-0.2, 0) is 16.0 Å². The van der Waals surface area contributed by atoms with Gasteiger partial charge in [0.1, 0.15) is 5.82 Å². The molecule has 0 saturated heterocycles. The van der Waals surface area contributed by atoms with Gasteiger partial charge in [-0.05, 0) is 11.6 Å². The number of hydrogen-bond donors (Lipinski definition) is 1. The predicted molar refractivity (Wildman–Crippen MR) is 73.1 cm³/mol. The van der Waals surface area contributed by atoms with Gasteiger partial charge in [-0.2, -0.15) is 0 Å². The zero-order chi connectivity index (χ0) is 13.4. The molecule has 0 amide bonds. The summed E-state index contributed by atoms with van der Waals surface area (Å²) >= 11 is 6.22. The number of nitrogens with two attached hydrogens (primary N) is 1. The maximum atomic E-state index is 6.22. The van der Waals surface area contributed by atoms with E-state index in [4.69, 9.17) is 26.8 Å². The first-order valence-electron chi connectivity index (χ1n) is 5.80. The van der Waals surface area contributed by atoms with Crippen LogP contribution in [0.25, 0.3) is 0 Å². The highest BCUT2D eigenvalue weighted by Gasteiger charge is 2.12. The molecule has 0 fully saturated rings. The Morgan fingerprint density at radius 3 is 2.33 bits per heavy atom. The molecule has 1 rings (SSSR count). The van der Waals surface area contributed by atoms with Crippen LogP contribution in [0.4, 0.5) is 5.82 Å². The van der Waals surface area contributed by atoms with E-state index in [9.17, 15) is 0 Å². The molecule has 1 aromatic rings. The minimum Gasteiger partial charge on any atom is -0.383 e. The summed E-state index contributed by atoms with van der Waals surface area (Å²) in [5.41, 5.74) is 6.47. The monoisotopic (exact) mass is 273 g/mol. The van der Waals surface area contributed by atoms with Crippen molar-refractivity contribution in [3.05, 3.63) is 22.8 Å². The van der Waals surface area contributed by atoms with Gasteiger partial charge in [0.15, 0.2) is 0 Å². The molecule has 0 aliphatic heterocycles. The Kier molecular flexibility index (Phi) is 6.97. The van der Waals surface area contributed by atoms with E-state index in [-0.39, 0.29) is 0 Å². The van der Waals surface area contributed by atoms with Gasteiger partial charge in [-0.1, -0.05) is 11.6 Å². The maximum Gasteiger partial charge on any atom is 0.147 e. The van der Waals surface area contributed by atoms with Crippen LogP contribution in [0.3, 0.4) is 0 Å². The van der Waals surface area contributed by atoms with E-state index in [0.29, 0.717) is 37.9 Å². The molecule has 0 bridgehead atoms. The van der Waals surface area contributed by atoms with Gasteiger partial charge < -0.3 is 20.1 Å². The Hall–Kier alpha value is -0.880. The topological polar surface area (TPSA) is 60.6 Å². The molecular formula is C12H20ClN3O2. The van der Waals surface area contributed by atoms with Crippen molar-refractivity contribution in [3.8, 4) is 0 Å². The van der Waals surface area contributed by atoms with E-state index in [1.807, 2.05) is 11.0 Å². The molecule has 0 radical (unpaired) electrons. The average molecular weight is 274 g/mol. The standard InChI is InChI=1S/C12H20ClN3O2/c1-17-5-3-16(4-6-18-2)12-11(13)7-10(8-14)9-15-12/h7,9H,3-6,8,14H2,1-2H3. The SMILES string of the molecule is COCCN(CCOC)c1ncc(CN)cc1Cl. The minimum absolute atomic E-state index is 0.434. The Balaban J connectivity index is 2.82. The van der Waals surface area contributed by atoms with E-state index in [2.05, 4.69) is 4.98 Å². The molecular weight excluding hydrogens is 254 g/mol. The van der Waals surface area contributed by atoms with Gasteiger partial charge in [-0.25, -0.2) is 4.98 Å². The summed E-state index contributed by atoms with van der Waals surface area (Å²) in [5.74, 6) is 0.739. The van der Waals surface area contributed by atoms with Crippen molar-refractivity contribution in [2.45, 2.75) is 6.54 Å². The highest BCUT2D eigenvalue weighted by Crippen LogP contribution is 2.23. The molecule has 0 aromatic carbocycles. The third-order valence-electron chi connectivity index (χ3n) is 2.54. The van der Waals surface area contributed by atoms with Crippen molar-refractivity contribution in [2.24, 2.45) is 5.73 Å². The lowest BCUT2D eigenvalue weighted by Crippen LogP contribution is -2.31. The predicted octanol–water partition coefficient (Wildman–Crippen LogP) is 1.29. The Morgan fingerprint density at radius 1 is 1.28 bits per heavy atom. The molecule has 0 saturated carbocycles. The van der Waals surface area contributed by atoms with E-state index in [1.54, 1.807) is 20.4 Å². The number of rotatable bonds is 8. The van der Waals surface area contributed by atoms with Crippen molar-refractivity contribution >= 4 is 17.4 Å². The molecule has 18 heavy (non-hydrogen) atoms. The summed E-state index contributed by atoms with van der Waals surface area (Å²) in [4.78, 5) is 6.40. The van der Waals surface area contributed by atoms with Crippen LogP contribution in [0, 0.1) is 0 Å². The van der Waals surface area contributed by atoms with E-state index < -0.39 is 0 Å². The summed E-state index contributed by atoms with van der Waals surface area (Å²) in [6.45, 7) is 3.09. The minimum atomic E-state index is 0.434. The summed E-state index contributed by atoms with van der Waals surface area (Å²) in [7, 11) is 3.34. The fraction of sp³-hybridized carbons (Fsp3) is 0.583. The molecule has 0 spiro atoms. The Labute approximate surface area is 113 Å². The Bertz CT molecular complexity index is 355. The van der Waals surface area contributed by atoms with E-state index in [0.717, 1.165) is 11.4 Å². The smallest absolute Gasteiger partial charge is 0.147 e. The lowest BCUT2D eigenvalue weighted by Gasteiger charge is -2.24. The molecule has 1 heterocycles. The summed E-state index contributed by atoms with van der Waals surface area (Å²) in [6, 6.07) is 1.84. The van der Waals surface area contributed by atoms with Gasteiger partial charge in [0, 0.05) is 40.1 Å². The fourth-order valence-electron chi connectivity index (χ4n) is 1.54. The second kappa shape index (κ2) is 8.26. The van der Waals surface area contributed by atoms with Crippen LogP contribution in [0.1, 0.15) is 5.56 Å². The molecule has 1 aromatic heterocycles. The molecule has 2 N–H and O–H groups in total. The molecule has 6 heteroatoms. The van der Waals surface area contributed by atoms with Crippen molar-refractivity contribution in [3.63, 3.8) is 0 Å². The summed E-state index contributed by atoms with van der Waals surface area (Å²) < 4.78 is 10.2. The maximum absolute atomic E-state index is 6.22. The van der Waals surface area contributed by atoms with Crippen molar-refractivity contribution < 1.29 is 9.47 Å². The second-order valence-electron chi connectivity index (χ2n) is 3.83. The number of aromatic nitrogens is 1. The lowest BCUT2D eigenvalue weighted by molar-refractivity contribution is 0.190. The number of nitrogens with zero attached hydrogens (tertiary/aromatic N) is 2. The molecule has 102 valence electrons. The summed E-state index contributed by atoms with van der Waals surface area (Å²) in [6.07, 6.45) is 1.74. The summed E-state index contributed by atoms with van der Waals surface area (Å²) in [5, 5.41) is 0.602. The van der Waals surface area contributed by atoms with Gasteiger partial charge in [0.05, 0.1) is 18.2 Å². The van der Waals surface area contributed by atoms with Gasteiger partial charge in [0.25, 0.3) is 0 Å². The molecule has 0 aliphatic rings. The van der Waals surface area contributed by atoms with Crippen LogP contribution in [0.15, 0.2) is 12.3 Å². The number of ether oxygens (including phenoxy) is 2. The van der Waals surface area contributed by atoms with Crippen LogP contribution in [0.2, 0.25) is 5.02 Å². The number of anilines is 1. The van der Waals surface area contributed by atoms with Crippen molar-refractivity contribution in [1.29, 1.82) is 0 Å². The van der Waals surface area contributed by atoms with Gasteiger partial charge in [-0.3, -0.25) is 0 Å². The zero-order valence-corrected chi connectivity index (χ0v) is 11.6. The second-order valence-corrected chi connectivity index (χ2v) is 4.23. The normalized spacial score (nSPS) is 10.7. The fourth-order valence-corrected chi connectivity index (χ4v) is 1.85. The molecule has 5 nitrogen and oxygen atoms in total. The number of halogens is 1. The molecule has 0 unspecified atom stereocenters. The van der Waals surface area contributed by atoms with Crippen molar-refractivity contribution in [2.75, 3.05) is 45.4 Å². The highest BCUT2D eigenvalue weighted by atomic mass is 35.5. The van der Waals surface area contributed by atoms with Gasteiger partial charge in [0.2, 0.25) is 0 Å².